The third-order valence-electron chi connectivity index (χ3n) is 4.49. The number of hydrogen-bond acceptors (Lipinski definition) is 3. The van der Waals surface area contributed by atoms with Gasteiger partial charge in [-0.25, -0.2) is 4.39 Å². The number of ether oxygens (including phenoxy) is 2. The van der Waals surface area contributed by atoms with Crippen molar-refractivity contribution in [3.63, 3.8) is 0 Å². The molecule has 26 heavy (non-hydrogen) atoms. The van der Waals surface area contributed by atoms with Crippen molar-refractivity contribution in [3.05, 3.63) is 78.4 Å². The summed E-state index contributed by atoms with van der Waals surface area (Å²) in [6.45, 7) is 4.01. The molecular formula is C21H21FN2O2. The molecule has 1 aliphatic heterocycles. The number of anilines is 1. The van der Waals surface area contributed by atoms with E-state index in [4.69, 9.17) is 9.47 Å². The third-order valence-corrected chi connectivity index (χ3v) is 4.49. The molecule has 0 spiro atoms. The van der Waals surface area contributed by atoms with Crippen LogP contribution in [-0.4, -0.2) is 24.3 Å². The van der Waals surface area contributed by atoms with Crippen LogP contribution in [0.5, 0.6) is 5.75 Å². The number of aromatic nitrogens is 1. The summed E-state index contributed by atoms with van der Waals surface area (Å²) in [5.74, 6) is 0.615. The molecule has 4 nitrogen and oxygen atoms in total. The molecule has 1 atom stereocenters. The molecule has 5 heteroatoms. The Bertz CT molecular complexity index is 876. The molecule has 3 aromatic rings. The van der Waals surface area contributed by atoms with Gasteiger partial charge in [0.2, 0.25) is 0 Å². The van der Waals surface area contributed by atoms with E-state index >= 15 is 0 Å². The molecule has 1 saturated heterocycles. The van der Waals surface area contributed by atoms with Gasteiger partial charge in [-0.15, -0.1) is 0 Å². The smallest absolute Gasteiger partial charge is 0.158 e. The van der Waals surface area contributed by atoms with Gasteiger partial charge in [0.25, 0.3) is 0 Å². The quantitative estimate of drug-likeness (QED) is 0.674. The van der Waals surface area contributed by atoms with Crippen LogP contribution in [0.4, 0.5) is 10.1 Å². The Morgan fingerprint density at radius 2 is 1.92 bits per heavy atom. The van der Waals surface area contributed by atoms with Crippen molar-refractivity contribution < 1.29 is 13.9 Å². The van der Waals surface area contributed by atoms with E-state index in [1.165, 1.54) is 12.1 Å². The van der Waals surface area contributed by atoms with E-state index in [1.807, 2.05) is 42.0 Å². The highest BCUT2D eigenvalue weighted by atomic mass is 19.1. The lowest BCUT2D eigenvalue weighted by Gasteiger charge is -2.24. The van der Waals surface area contributed by atoms with Crippen LogP contribution in [0, 0.1) is 5.82 Å². The Balaban J connectivity index is 1.62. The lowest BCUT2D eigenvalue weighted by molar-refractivity contribution is 0.114. The van der Waals surface area contributed by atoms with Gasteiger partial charge in [0.15, 0.2) is 6.23 Å². The first-order valence-electron chi connectivity index (χ1n) is 8.80. The van der Waals surface area contributed by atoms with Crippen LogP contribution in [0.3, 0.4) is 0 Å². The van der Waals surface area contributed by atoms with Crippen molar-refractivity contribution >= 4 is 5.69 Å². The zero-order valence-electron chi connectivity index (χ0n) is 14.6. The second kappa shape index (κ2) is 7.22. The lowest BCUT2D eigenvalue weighted by atomic mass is 10.2. The van der Waals surface area contributed by atoms with Crippen molar-refractivity contribution in [1.29, 1.82) is 0 Å². The molecule has 1 aromatic heterocycles. The van der Waals surface area contributed by atoms with Gasteiger partial charge in [-0.1, -0.05) is 12.1 Å². The van der Waals surface area contributed by atoms with Crippen LogP contribution < -0.4 is 9.64 Å². The molecule has 0 amide bonds. The van der Waals surface area contributed by atoms with Gasteiger partial charge in [-0.05, 0) is 49.4 Å². The topological polar surface area (TPSA) is 26.6 Å². The second-order valence-corrected chi connectivity index (χ2v) is 6.15. The second-order valence-electron chi connectivity index (χ2n) is 6.15. The van der Waals surface area contributed by atoms with E-state index in [1.54, 1.807) is 12.1 Å². The third kappa shape index (κ3) is 3.18. The van der Waals surface area contributed by atoms with Crippen molar-refractivity contribution in [2.75, 3.05) is 24.7 Å². The number of halogens is 1. The Morgan fingerprint density at radius 3 is 2.73 bits per heavy atom. The molecule has 0 aliphatic carbocycles. The van der Waals surface area contributed by atoms with E-state index in [-0.39, 0.29) is 12.0 Å². The summed E-state index contributed by atoms with van der Waals surface area (Å²) in [6.07, 6.45) is 3.89. The fourth-order valence-electron chi connectivity index (χ4n) is 3.30. The summed E-state index contributed by atoms with van der Waals surface area (Å²) < 4.78 is 26.9. The zero-order valence-corrected chi connectivity index (χ0v) is 14.6. The number of hydrogen-bond donors (Lipinski definition) is 0. The molecule has 0 saturated carbocycles. The Hall–Kier alpha value is -2.79. The van der Waals surface area contributed by atoms with Crippen molar-refractivity contribution in [2.24, 2.45) is 0 Å². The zero-order chi connectivity index (χ0) is 17.9. The minimum absolute atomic E-state index is 0.180. The summed E-state index contributed by atoms with van der Waals surface area (Å²) in [5, 5.41) is 0. The molecule has 0 unspecified atom stereocenters. The van der Waals surface area contributed by atoms with E-state index in [2.05, 4.69) is 17.2 Å². The highest BCUT2D eigenvalue weighted by Crippen LogP contribution is 2.33. The fourth-order valence-corrected chi connectivity index (χ4v) is 3.30. The first-order chi connectivity index (χ1) is 12.8. The molecule has 4 rings (SSSR count). The molecule has 0 radical (unpaired) electrons. The molecule has 0 N–H and O–H groups in total. The summed E-state index contributed by atoms with van der Waals surface area (Å²) >= 11 is 0. The summed E-state index contributed by atoms with van der Waals surface area (Å²) in [7, 11) is 0. The summed E-state index contributed by atoms with van der Waals surface area (Å²) in [5.41, 5.74) is 3.00. The number of benzene rings is 2. The Kier molecular flexibility index (Phi) is 4.63. The predicted octanol–water partition coefficient (Wildman–Crippen LogP) is 4.55. The molecule has 2 aromatic carbocycles. The number of rotatable bonds is 5. The predicted molar refractivity (Wildman–Crippen MR) is 99.4 cm³/mol. The largest absolute Gasteiger partial charge is 0.492 e. The van der Waals surface area contributed by atoms with Crippen molar-refractivity contribution in [2.45, 2.75) is 13.2 Å². The van der Waals surface area contributed by atoms with Gasteiger partial charge in [-0.2, -0.15) is 0 Å². The van der Waals surface area contributed by atoms with Crippen molar-refractivity contribution in [3.8, 4) is 11.4 Å². The van der Waals surface area contributed by atoms with Gasteiger partial charge in [0.05, 0.1) is 18.9 Å². The first-order valence-corrected chi connectivity index (χ1v) is 8.80. The first kappa shape index (κ1) is 16.7. The summed E-state index contributed by atoms with van der Waals surface area (Å²) in [4.78, 5) is 2.15. The minimum atomic E-state index is -0.232. The molecule has 2 heterocycles. The van der Waals surface area contributed by atoms with Gasteiger partial charge in [0.1, 0.15) is 11.6 Å². The maximum Gasteiger partial charge on any atom is 0.158 e. The fraction of sp³-hybridized carbons (Fsp3) is 0.238. The van der Waals surface area contributed by atoms with Crippen LogP contribution in [0.1, 0.15) is 18.7 Å². The molecule has 134 valence electrons. The normalized spacial score (nSPS) is 16.8. The van der Waals surface area contributed by atoms with E-state index in [0.29, 0.717) is 13.2 Å². The van der Waals surface area contributed by atoms with Gasteiger partial charge in [0, 0.05) is 30.2 Å². The average molecular weight is 352 g/mol. The van der Waals surface area contributed by atoms with Crippen LogP contribution in [0.2, 0.25) is 0 Å². The van der Waals surface area contributed by atoms with Gasteiger partial charge >= 0.3 is 0 Å². The molecule has 0 bridgehead atoms. The van der Waals surface area contributed by atoms with E-state index < -0.39 is 0 Å². The molecular weight excluding hydrogens is 331 g/mol. The average Bonchev–Trinajstić information content (AvgIpc) is 3.32. The van der Waals surface area contributed by atoms with E-state index in [9.17, 15) is 4.39 Å². The summed E-state index contributed by atoms with van der Waals surface area (Å²) in [6, 6.07) is 16.6. The van der Waals surface area contributed by atoms with E-state index in [0.717, 1.165) is 29.2 Å². The number of para-hydroxylation sites is 2. The number of nitrogens with zero attached hydrogens (tertiary/aromatic N) is 2. The van der Waals surface area contributed by atoms with Crippen LogP contribution in [0.15, 0.2) is 67.0 Å². The molecule has 1 fully saturated rings. The Morgan fingerprint density at radius 1 is 1.12 bits per heavy atom. The molecule has 1 aliphatic rings. The highest BCUT2D eigenvalue weighted by molar-refractivity contribution is 5.51. The monoisotopic (exact) mass is 352 g/mol. The maximum atomic E-state index is 13.2. The van der Waals surface area contributed by atoms with Gasteiger partial charge in [-0.3, -0.25) is 0 Å². The van der Waals surface area contributed by atoms with Crippen LogP contribution in [0.25, 0.3) is 5.69 Å². The van der Waals surface area contributed by atoms with Crippen LogP contribution >= 0.6 is 0 Å². The van der Waals surface area contributed by atoms with Gasteiger partial charge < -0.3 is 18.9 Å². The standard InChI is InChI=1S/C21H21FN2O2/c1-2-25-20-6-4-3-5-19(20)23-12-11-16(15-23)21-24(13-14-26-21)18-9-7-17(22)8-10-18/h3-12,15,21H,2,13-14H2,1H3/t21-/m1/s1. The Labute approximate surface area is 152 Å². The van der Waals surface area contributed by atoms with Crippen molar-refractivity contribution in [1.82, 2.24) is 4.57 Å². The lowest BCUT2D eigenvalue weighted by Crippen LogP contribution is -2.22. The maximum absolute atomic E-state index is 13.2. The van der Waals surface area contributed by atoms with Crippen LogP contribution in [-0.2, 0) is 4.74 Å². The minimum Gasteiger partial charge on any atom is -0.492 e. The highest BCUT2D eigenvalue weighted by Gasteiger charge is 2.28. The SMILES string of the molecule is CCOc1ccccc1-n1ccc([C@H]2OCCN2c2ccc(F)cc2)c1.